The molecule has 0 aliphatic heterocycles. The summed E-state index contributed by atoms with van der Waals surface area (Å²) in [7, 11) is 0. The van der Waals surface area contributed by atoms with Crippen LogP contribution in [0.2, 0.25) is 0 Å². The Labute approximate surface area is 105 Å². The van der Waals surface area contributed by atoms with E-state index < -0.39 is 0 Å². The first kappa shape index (κ1) is 12.7. The number of hydrogen-bond acceptors (Lipinski definition) is 4. The monoisotopic (exact) mass is 249 g/mol. The average Bonchev–Trinajstić information content (AvgIpc) is 2.76. The van der Waals surface area contributed by atoms with Crippen molar-refractivity contribution in [2.45, 2.75) is 20.3 Å². The molecular formula is C13H16FN3O. The van der Waals surface area contributed by atoms with E-state index in [1.165, 1.54) is 12.1 Å². The van der Waals surface area contributed by atoms with Crippen molar-refractivity contribution < 1.29 is 8.91 Å². The minimum Gasteiger partial charge on any atom is -0.339 e. The van der Waals surface area contributed by atoms with Crippen LogP contribution < -0.4 is 5.73 Å². The number of aromatic nitrogens is 2. The molecular weight excluding hydrogens is 233 g/mol. The smallest absolute Gasteiger partial charge is 0.227 e. The standard InChI is InChI=1S/C13H16FN3O/c1-8-3-10(6-11(14)4-8)13-16-12(18-17-13)5-9(2)7-15/h3-4,6,9H,5,7,15H2,1-2H3. The first-order chi connectivity index (χ1) is 8.58. The number of nitrogens with two attached hydrogens (primary N) is 1. The summed E-state index contributed by atoms with van der Waals surface area (Å²) < 4.78 is 18.4. The van der Waals surface area contributed by atoms with E-state index in [9.17, 15) is 4.39 Å². The zero-order chi connectivity index (χ0) is 13.1. The van der Waals surface area contributed by atoms with Gasteiger partial charge in [-0.15, -0.1) is 0 Å². The Morgan fingerprint density at radius 1 is 1.39 bits per heavy atom. The van der Waals surface area contributed by atoms with Crippen LogP contribution in [0.1, 0.15) is 18.4 Å². The molecule has 4 nitrogen and oxygen atoms in total. The van der Waals surface area contributed by atoms with Crippen LogP contribution in [0.4, 0.5) is 4.39 Å². The molecule has 1 unspecified atom stereocenters. The first-order valence-electron chi connectivity index (χ1n) is 5.88. The minimum absolute atomic E-state index is 0.285. The van der Waals surface area contributed by atoms with Crippen LogP contribution in [0.3, 0.4) is 0 Å². The lowest BCUT2D eigenvalue weighted by atomic mass is 10.1. The molecule has 0 radical (unpaired) electrons. The van der Waals surface area contributed by atoms with E-state index >= 15 is 0 Å². The summed E-state index contributed by atoms with van der Waals surface area (Å²) >= 11 is 0. The van der Waals surface area contributed by atoms with E-state index in [4.69, 9.17) is 10.3 Å². The molecule has 2 N–H and O–H groups in total. The fourth-order valence-corrected chi connectivity index (χ4v) is 1.70. The van der Waals surface area contributed by atoms with Crippen LogP contribution in [0.5, 0.6) is 0 Å². The molecule has 0 bridgehead atoms. The van der Waals surface area contributed by atoms with Gasteiger partial charge in [-0.1, -0.05) is 12.1 Å². The fourth-order valence-electron chi connectivity index (χ4n) is 1.70. The molecule has 1 atom stereocenters. The Hall–Kier alpha value is -1.75. The van der Waals surface area contributed by atoms with Gasteiger partial charge in [-0.25, -0.2) is 4.39 Å². The van der Waals surface area contributed by atoms with Gasteiger partial charge in [0.1, 0.15) is 5.82 Å². The molecule has 1 heterocycles. The van der Waals surface area contributed by atoms with E-state index in [-0.39, 0.29) is 11.7 Å². The number of rotatable bonds is 4. The fraction of sp³-hybridized carbons (Fsp3) is 0.385. The topological polar surface area (TPSA) is 64.9 Å². The Balaban J connectivity index is 2.23. The average molecular weight is 249 g/mol. The number of hydrogen-bond donors (Lipinski definition) is 1. The van der Waals surface area contributed by atoms with Gasteiger partial charge in [-0.3, -0.25) is 0 Å². The molecule has 0 aliphatic rings. The number of nitrogens with zero attached hydrogens (tertiary/aromatic N) is 2. The second-order valence-corrected chi connectivity index (χ2v) is 4.57. The van der Waals surface area contributed by atoms with Gasteiger partial charge in [-0.2, -0.15) is 4.98 Å². The predicted molar refractivity (Wildman–Crippen MR) is 66.4 cm³/mol. The van der Waals surface area contributed by atoms with Crippen LogP contribution in [0.25, 0.3) is 11.4 Å². The van der Waals surface area contributed by atoms with Crippen LogP contribution in [0, 0.1) is 18.7 Å². The highest BCUT2D eigenvalue weighted by Gasteiger charge is 2.12. The largest absolute Gasteiger partial charge is 0.339 e. The normalized spacial score (nSPS) is 12.7. The summed E-state index contributed by atoms with van der Waals surface area (Å²) in [6.07, 6.45) is 0.637. The molecule has 0 amide bonds. The summed E-state index contributed by atoms with van der Waals surface area (Å²) in [5.74, 6) is 0.931. The van der Waals surface area contributed by atoms with Gasteiger partial charge < -0.3 is 10.3 Å². The van der Waals surface area contributed by atoms with Crippen molar-refractivity contribution in [1.82, 2.24) is 10.1 Å². The van der Waals surface area contributed by atoms with Gasteiger partial charge in [0.2, 0.25) is 11.7 Å². The molecule has 0 saturated heterocycles. The van der Waals surface area contributed by atoms with Crippen molar-refractivity contribution in [3.63, 3.8) is 0 Å². The maximum atomic E-state index is 13.3. The van der Waals surface area contributed by atoms with Crippen LogP contribution in [0.15, 0.2) is 22.7 Å². The SMILES string of the molecule is Cc1cc(F)cc(-c2noc(CC(C)CN)n2)c1. The predicted octanol–water partition coefficient (Wildman–Crippen LogP) is 2.32. The second-order valence-electron chi connectivity index (χ2n) is 4.57. The number of benzene rings is 1. The molecule has 0 spiro atoms. The lowest BCUT2D eigenvalue weighted by Crippen LogP contribution is -2.13. The summed E-state index contributed by atoms with van der Waals surface area (Å²) in [6, 6.07) is 4.68. The molecule has 1 aromatic heterocycles. The zero-order valence-electron chi connectivity index (χ0n) is 10.5. The molecule has 5 heteroatoms. The van der Waals surface area contributed by atoms with E-state index in [0.717, 1.165) is 5.56 Å². The van der Waals surface area contributed by atoms with Crippen molar-refractivity contribution in [3.8, 4) is 11.4 Å². The number of aryl methyl sites for hydroxylation is 1. The van der Waals surface area contributed by atoms with Gasteiger partial charge in [0.15, 0.2) is 0 Å². The lowest BCUT2D eigenvalue weighted by Gasteiger charge is -2.02. The molecule has 1 aromatic carbocycles. The molecule has 0 aliphatic carbocycles. The second kappa shape index (κ2) is 5.27. The molecule has 2 rings (SSSR count). The van der Waals surface area contributed by atoms with Crippen molar-refractivity contribution >= 4 is 0 Å². The van der Waals surface area contributed by atoms with Gasteiger partial charge in [0, 0.05) is 12.0 Å². The van der Waals surface area contributed by atoms with Crippen molar-refractivity contribution in [1.29, 1.82) is 0 Å². The summed E-state index contributed by atoms with van der Waals surface area (Å²) in [5, 5.41) is 3.86. The Morgan fingerprint density at radius 3 is 2.83 bits per heavy atom. The Bertz CT molecular complexity index is 519. The van der Waals surface area contributed by atoms with Gasteiger partial charge in [0.05, 0.1) is 0 Å². The first-order valence-corrected chi connectivity index (χ1v) is 5.88. The van der Waals surface area contributed by atoms with E-state index in [2.05, 4.69) is 10.1 Å². The molecule has 0 fully saturated rings. The van der Waals surface area contributed by atoms with Crippen LogP contribution >= 0.6 is 0 Å². The van der Waals surface area contributed by atoms with E-state index in [0.29, 0.717) is 30.2 Å². The molecule has 0 saturated carbocycles. The molecule has 18 heavy (non-hydrogen) atoms. The summed E-state index contributed by atoms with van der Waals surface area (Å²) in [5.41, 5.74) is 6.99. The highest BCUT2D eigenvalue weighted by atomic mass is 19.1. The van der Waals surface area contributed by atoms with E-state index in [1.54, 1.807) is 0 Å². The highest BCUT2D eigenvalue weighted by molar-refractivity contribution is 5.55. The van der Waals surface area contributed by atoms with Crippen molar-refractivity contribution in [2.75, 3.05) is 6.54 Å². The van der Waals surface area contributed by atoms with Gasteiger partial charge in [0.25, 0.3) is 0 Å². The summed E-state index contributed by atoms with van der Waals surface area (Å²) in [6.45, 7) is 4.40. The maximum Gasteiger partial charge on any atom is 0.227 e. The molecule has 2 aromatic rings. The Kier molecular flexibility index (Phi) is 3.72. The third-order valence-electron chi connectivity index (χ3n) is 2.69. The maximum absolute atomic E-state index is 13.3. The minimum atomic E-state index is -0.299. The quantitative estimate of drug-likeness (QED) is 0.903. The van der Waals surface area contributed by atoms with Gasteiger partial charge >= 0.3 is 0 Å². The third kappa shape index (κ3) is 2.92. The molecule has 96 valence electrons. The van der Waals surface area contributed by atoms with Crippen LogP contribution in [-0.2, 0) is 6.42 Å². The van der Waals surface area contributed by atoms with E-state index in [1.807, 2.05) is 19.9 Å². The van der Waals surface area contributed by atoms with Crippen molar-refractivity contribution in [2.24, 2.45) is 11.7 Å². The van der Waals surface area contributed by atoms with Gasteiger partial charge in [-0.05, 0) is 43.1 Å². The number of halogens is 1. The lowest BCUT2D eigenvalue weighted by molar-refractivity contribution is 0.360. The highest BCUT2D eigenvalue weighted by Crippen LogP contribution is 2.19. The third-order valence-corrected chi connectivity index (χ3v) is 2.69. The Morgan fingerprint density at radius 2 is 2.17 bits per heavy atom. The van der Waals surface area contributed by atoms with Crippen LogP contribution in [-0.4, -0.2) is 16.7 Å². The van der Waals surface area contributed by atoms with Crippen molar-refractivity contribution in [3.05, 3.63) is 35.5 Å². The summed E-state index contributed by atoms with van der Waals surface area (Å²) in [4.78, 5) is 4.25. The zero-order valence-corrected chi connectivity index (χ0v) is 10.5.